The second-order valence-electron chi connectivity index (χ2n) is 7.10. The highest BCUT2D eigenvalue weighted by Crippen LogP contribution is 2.05. The molecule has 2 heterocycles. The van der Waals surface area contributed by atoms with Crippen LogP contribution in [0.15, 0.2) is 0 Å². The topological polar surface area (TPSA) is 54.6 Å². The van der Waals surface area contributed by atoms with Crippen molar-refractivity contribution < 1.29 is 0 Å². The Bertz CT molecular complexity index is 249. The van der Waals surface area contributed by atoms with Gasteiger partial charge in [0.15, 0.2) is 0 Å². The van der Waals surface area contributed by atoms with Crippen molar-refractivity contribution in [3.05, 3.63) is 0 Å². The second kappa shape index (κ2) is 14.0. The van der Waals surface area contributed by atoms with Crippen LogP contribution in [0.4, 0.5) is 0 Å². The van der Waals surface area contributed by atoms with Crippen LogP contribution in [0.5, 0.6) is 0 Å². The van der Waals surface area contributed by atoms with E-state index in [1.54, 1.807) is 0 Å². The Labute approximate surface area is 149 Å². The summed E-state index contributed by atoms with van der Waals surface area (Å²) in [5.74, 6) is 0. The number of nitrogens with zero attached hydrogens (tertiary/aromatic N) is 2. The van der Waals surface area contributed by atoms with Gasteiger partial charge in [-0.3, -0.25) is 0 Å². The molecular weight excluding hydrogens is 300 g/mol. The van der Waals surface area contributed by atoms with Gasteiger partial charge in [-0.1, -0.05) is 0 Å². The highest BCUT2D eigenvalue weighted by molar-refractivity contribution is 4.68. The lowest BCUT2D eigenvalue weighted by Crippen LogP contribution is -2.37. The predicted octanol–water partition coefficient (Wildman–Crippen LogP) is -0.464. The van der Waals surface area contributed by atoms with Crippen molar-refractivity contribution >= 4 is 0 Å². The lowest BCUT2D eigenvalue weighted by molar-refractivity contribution is 0.335. The quantitative estimate of drug-likeness (QED) is 0.303. The molecule has 2 rings (SSSR count). The van der Waals surface area contributed by atoms with Crippen molar-refractivity contribution in [1.29, 1.82) is 0 Å². The molecule has 0 aromatic heterocycles. The maximum atomic E-state index is 3.52. The predicted molar refractivity (Wildman–Crippen MR) is 103 cm³/mol. The Hall–Kier alpha value is -0.240. The van der Waals surface area contributed by atoms with Gasteiger partial charge in [-0.2, -0.15) is 0 Å². The maximum Gasteiger partial charge on any atom is 0.0107 e. The summed E-state index contributed by atoms with van der Waals surface area (Å²) in [6, 6.07) is 0. The van der Waals surface area contributed by atoms with E-state index in [-0.39, 0.29) is 0 Å². The van der Waals surface area contributed by atoms with Gasteiger partial charge in [0, 0.05) is 65.4 Å². The molecule has 0 bridgehead atoms. The maximum absolute atomic E-state index is 3.52. The van der Waals surface area contributed by atoms with Crippen molar-refractivity contribution in [2.75, 3.05) is 91.6 Å². The number of likely N-dealkylation sites (tertiary alicyclic amines) is 2. The first-order valence-corrected chi connectivity index (χ1v) is 10.2. The summed E-state index contributed by atoms with van der Waals surface area (Å²) < 4.78 is 0. The third-order valence-corrected chi connectivity index (χ3v) is 5.04. The van der Waals surface area contributed by atoms with Crippen LogP contribution in [-0.2, 0) is 0 Å². The largest absolute Gasteiger partial charge is 0.314 e. The smallest absolute Gasteiger partial charge is 0.0107 e. The highest BCUT2D eigenvalue weighted by atomic mass is 15.2. The SMILES string of the molecule is C1CCN(CCNCCNCCNCCNCCN2CCCC2)C1. The van der Waals surface area contributed by atoms with E-state index in [9.17, 15) is 0 Å². The average molecular weight is 341 g/mol. The van der Waals surface area contributed by atoms with Gasteiger partial charge in [0.25, 0.3) is 0 Å². The van der Waals surface area contributed by atoms with Crippen LogP contribution in [-0.4, -0.2) is 101 Å². The Morgan fingerprint density at radius 2 is 0.708 bits per heavy atom. The van der Waals surface area contributed by atoms with E-state index in [4.69, 9.17) is 0 Å². The van der Waals surface area contributed by atoms with Crippen LogP contribution in [0.25, 0.3) is 0 Å². The fourth-order valence-electron chi connectivity index (χ4n) is 3.52. The van der Waals surface area contributed by atoms with Gasteiger partial charge < -0.3 is 31.1 Å². The number of nitrogens with one attached hydrogen (secondary N) is 4. The molecule has 0 saturated carbocycles. The van der Waals surface area contributed by atoms with Crippen LogP contribution in [0, 0.1) is 0 Å². The Balaban J connectivity index is 1.21. The molecule has 0 spiro atoms. The Morgan fingerprint density at radius 1 is 0.417 bits per heavy atom. The zero-order valence-corrected chi connectivity index (χ0v) is 15.6. The minimum absolute atomic E-state index is 1.06. The summed E-state index contributed by atoms with van der Waals surface area (Å²) >= 11 is 0. The fraction of sp³-hybridized carbons (Fsp3) is 1.00. The molecule has 2 aliphatic heterocycles. The zero-order valence-electron chi connectivity index (χ0n) is 15.6. The normalized spacial score (nSPS) is 19.5. The van der Waals surface area contributed by atoms with Crippen molar-refractivity contribution in [2.45, 2.75) is 25.7 Å². The van der Waals surface area contributed by atoms with E-state index in [0.717, 1.165) is 52.4 Å². The number of rotatable bonds is 15. The van der Waals surface area contributed by atoms with Gasteiger partial charge in [0.1, 0.15) is 0 Å². The molecule has 2 fully saturated rings. The summed E-state index contributed by atoms with van der Waals surface area (Å²) in [5.41, 5.74) is 0. The number of hydrogen-bond donors (Lipinski definition) is 4. The third-order valence-electron chi connectivity index (χ3n) is 5.04. The monoisotopic (exact) mass is 340 g/mol. The van der Waals surface area contributed by atoms with Crippen molar-refractivity contribution in [1.82, 2.24) is 31.1 Å². The van der Waals surface area contributed by atoms with Gasteiger partial charge in [0.05, 0.1) is 0 Å². The second-order valence-corrected chi connectivity index (χ2v) is 7.10. The minimum atomic E-state index is 1.06. The molecular formula is C18H40N6. The van der Waals surface area contributed by atoms with E-state index >= 15 is 0 Å². The summed E-state index contributed by atoms with van der Waals surface area (Å²) in [6.45, 7) is 16.3. The molecule has 0 aromatic rings. The van der Waals surface area contributed by atoms with Gasteiger partial charge in [0.2, 0.25) is 0 Å². The van der Waals surface area contributed by atoms with Crippen LogP contribution < -0.4 is 21.3 Å². The summed E-state index contributed by atoms with van der Waals surface area (Å²) in [5, 5.41) is 14.0. The van der Waals surface area contributed by atoms with Crippen molar-refractivity contribution in [2.24, 2.45) is 0 Å². The molecule has 24 heavy (non-hydrogen) atoms. The minimum Gasteiger partial charge on any atom is -0.314 e. The van der Waals surface area contributed by atoms with Gasteiger partial charge >= 0.3 is 0 Å². The van der Waals surface area contributed by atoms with Crippen molar-refractivity contribution in [3.63, 3.8) is 0 Å². The van der Waals surface area contributed by atoms with Gasteiger partial charge in [-0.25, -0.2) is 0 Å². The van der Waals surface area contributed by atoms with E-state index in [0.29, 0.717) is 0 Å². The Kier molecular flexibility index (Phi) is 11.7. The molecule has 2 aliphatic rings. The molecule has 0 aromatic carbocycles. The van der Waals surface area contributed by atoms with Crippen molar-refractivity contribution in [3.8, 4) is 0 Å². The standard InChI is InChI=1S/C18H40N6/c1-2-14-23(13-1)17-11-21-9-7-19-5-6-20-8-10-22-12-18-24-15-3-4-16-24/h19-22H,1-18H2. The summed E-state index contributed by atoms with van der Waals surface area (Å²) in [6.07, 6.45) is 5.57. The number of hydrogen-bond acceptors (Lipinski definition) is 6. The molecule has 0 atom stereocenters. The van der Waals surface area contributed by atoms with Crippen LogP contribution in [0.1, 0.15) is 25.7 Å². The highest BCUT2D eigenvalue weighted by Gasteiger charge is 2.10. The van der Waals surface area contributed by atoms with Crippen LogP contribution in [0.2, 0.25) is 0 Å². The zero-order chi connectivity index (χ0) is 16.7. The average Bonchev–Trinajstić information content (AvgIpc) is 3.28. The molecule has 2 saturated heterocycles. The van der Waals surface area contributed by atoms with Crippen LogP contribution in [0.3, 0.4) is 0 Å². The van der Waals surface area contributed by atoms with E-state index < -0.39 is 0 Å². The third kappa shape index (κ3) is 9.91. The molecule has 0 amide bonds. The van der Waals surface area contributed by atoms with E-state index in [1.165, 1.54) is 65.0 Å². The lowest BCUT2D eigenvalue weighted by atomic mass is 10.4. The van der Waals surface area contributed by atoms with Gasteiger partial charge in [-0.05, 0) is 51.9 Å². The fourth-order valence-corrected chi connectivity index (χ4v) is 3.52. The first-order chi connectivity index (χ1) is 11.9. The molecule has 6 nitrogen and oxygen atoms in total. The molecule has 0 radical (unpaired) electrons. The molecule has 0 unspecified atom stereocenters. The molecule has 4 N–H and O–H groups in total. The Morgan fingerprint density at radius 3 is 1.04 bits per heavy atom. The van der Waals surface area contributed by atoms with E-state index in [1.807, 2.05) is 0 Å². The molecule has 142 valence electrons. The lowest BCUT2D eigenvalue weighted by Gasteiger charge is -2.15. The molecule has 0 aliphatic carbocycles. The van der Waals surface area contributed by atoms with E-state index in [2.05, 4.69) is 31.1 Å². The summed E-state index contributed by atoms with van der Waals surface area (Å²) in [7, 11) is 0. The molecule has 6 heteroatoms. The first-order valence-electron chi connectivity index (χ1n) is 10.2. The first kappa shape index (κ1) is 20.1. The summed E-state index contributed by atoms with van der Waals surface area (Å²) in [4.78, 5) is 5.12. The van der Waals surface area contributed by atoms with Crippen LogP contribution >= 0.6 is 0 Å². The van der Waals surface area contributed by atoms with Gasteiger partial charge in [-0.15, -0.1) is 0 Å².